The molecule has 2 N–H and O–H groups in total. The molecule has 0 aromatic heterocycles. The zero-order valence-corrected chi connectivity index (χ0v) is 12.5. The standard InChI is InChI=1S/C15H23NO4/c1-15(2,3)20-14(18)16-12-7-8-13(19-4)11(10-12)6-5-9-17/h7-8,10,17H,5-6,9H2,1-4H3,(H,16,18). The van der Waals surface area contributed by atoms with Crippen LogP contribution in [0.3, 0.4) is 0 Å². The van der Waals surface area contributed by atoms with E-state index in [1.165, 1.54) is 0 Å². The van der Waals surface area contributed by atoms with Crippen molar-refractivity contribution in [2.24, 2.45) is 0 Å². The van der Waals surface area contributed by atoms with Crippen LogP contribution in [0, 0.1) is 0 Å². The number of aryl methyl sites for hydroxylation is 1. The maximum atomic E-state index is 11.7. The predicted octanol–water partition coefficient (Wildman–Crippen LogP) is 2.97. The molecule has 0 unspecified atom stereocenters. The van der Waals surface area contributed by atoms with E-state index in [0.717, 1.165) is 11.3 Å². The van der Waals surface area contributed by atoms with Gasteiger partial charge in [-0.2, -0.15) is 0 Å². The maximum Gasteiger partial charge on any atom is 0.412 e. The molecule has 0 aliphatic rings. The predicted molar refractivity (Wildman–Crippen MR) is 78.3 cm³/mol. The molecule has 0 atom stereocenters. The van der Waals surface area contributed by atoms with Gasteiger partial charge in [0.15, 0.2) is 0 Å². The highest BCUT2D eigenvalue weighted by molar-refractivity contribution is 5.85. The zero-order chi connectivity index (χ0) is 15.2. The smallest absolute Gasteiger partial charge is 0.412 e. The summed E-state index contributed by atoms with van der Waals surface area (Å²) >= 11 is 0. The topological polar surface area (TPSA) is 67.8 Å². The molecule has 5 nitrogen and oxygen atoms in total. The first-order valence-electron chi connectivity index (χ1n) is 6.63. The lowest BCUT2D eigenvalue weighted by molar-refractivity contribution is 0.0636. The number of carbonyl (C=O) groups excluding carboxylic acids is 1. The number of nitrogens with one attached hydrogen (secondary N) is 1. The fourth-order valence-corrected chi connectivity index (χ4v) is 1.74. The normalized spacial score (nSPS) is 11.1. The fourth-order valence-electron chi connectivity index (χ4n) is 1.74. The summed E-state index contributed by atoms with van der Waals surface area (Å²) in [7, 11) is 1.60. The highest BCUT2D eigenvalue weighted by atomic mass is 16.6. The van der Waals surface area contributed by atoms with E-state index in [9.17, 15) is 4.79 Å². The lowest BCUT2D eigenvalue weighted by atomic mass is 10.1. The van der Waals surface area contributed by atoms with Crippen LogP contribution in [0.2, 0.25) is 0 Å². The molecular formula is C15H23NO4. The van der Waals surface area contributed by atoms with Crippen LogP contribution >= 0.6 is 0 Å². The Hall–Kier alpha value is -1.75. The van der Waals surface area contributed by atoms with Crippen LogP contribution in [-0.2, 0) is 11.2 Å². The van der Waals surface area contributed by atoms with Crippen LogP contribution in [0.25, 0.3) is 0 Å². The molecule has 1 rings (SSSR count). The SMILES string of the molecule is COc1ccc(NC(=O)OC(C)(C)C)cc1CCCO. The number of carbonyl (C=O) groups is 1. The molecule has 0 radical (unpaired) electrons. The average Bonchev–Trinajstić information content (AvgIpc) is 2.34. The van der Waals surface area contributed by atoms with Crippen molar-refractivity contribution in [1.29, 1.82) is 0 Å². The van der Waals surface area contributed by atoms with Gasteiger partial charge in [0.05, 0.1) is 7.11 Å². The number of aliphatic hydroxyl groups is 1. The third kappa shape index (κ3) is 5.48. The van der Waals surface area contributed by atoms with Crippen molar-refractivity contribution >= 4 is 11.8 Å². The van der Waals surface area contributed by atoms with Crippen molar-refractivity contribution in [3.05, 3.63) is 23.8 Å². The second-order valence-electron chi connectivity index (χ2n) is 5.48. The van der Waals surface area contributed by atoms with Crippen molar-refractivity contribution in [3.8, 4) is 5.75 Å². The zero-order valence-electron chi connectivity index (χ0n) is 12.5. The largest absolute Gasteiger partial charge is 0.496 e. The third-order valence-corrected chi connectivity index (χ3v) is 2.53. The van der Waals surface area contributed by atoms with Gasteiger partial charge in [-0.25, -0.2) is 4.79 Å². The molecule has 0 aliphatic carbocycles. The first-order valence-corrected chi connectivity index (χ1v) is 6.63. The molecule has 0 heterocycles. The summed E-state index contributed by atoms with van der Waals surface area (Å²) in [6.45, 7) is 5.56. The van der Waals surface area contributed by atoms with Gasteiger partial charge in [0.1, 0.15) is 11.4 Å². The Morgan fingerprint density at radius 2 is 2.05 bits per heavy atom. The number of methoxy groups -OCH3 is 1. The molecule has 0 spiro atoms. The minimum atomic E-state index is -0.531. The van der Waals surface area contributed by atoms with Crippen molar-refractivity contribution < 1.29 is 19.4 Å². The average molecular weight is 281 g/mol. The van der Waals surface area contributed by atoms with E-state index in [4.69, 9.17) is 14.6 Å². The van der Waals surface area contributed by atoms with Gasteiger partial charge < -0.3 is 14.6 Å². The number of hydrogen-bond donors (Lipinski definition) is 2. The quantitative estimate of drug-likeness (QED) is 0.870. The second kappa shape index (κ2) is 7.14. The number of aliphatic hydroxyl groups excluding tert-OH is 1. The summed E-state index contributed by atoms with van der Waals surface area (Å²) in [6.07, 6.45) is 0.839. The van der Waals surface area contributed by atoms with E-state index >= 15 is 0 Å². The minimum absolute atomic E-state index is 0.118. The molecule has 0 fully saturated rings. The van der Waals surface area contributed by atoms with E-state index in [2.05, 4.69) is 5.32 Å². The summed E-state index contributed by atoms with van der Waals surface area (Å²) in [5, 5.41) is 11.6. The van der Waals surface area contributed by atoms with Crippen LogP contribution in [0.15, 0.2) is 18.2 Å². The molecule has 1 aromatic carbocycles. The highest BCUT2D eigenvalue weighted by Crippen LogP contribution is 2.24. The van der Waals surface area contributed by atoms with E-state index in [1.54, 1.807) is 19.2 Å². The molecule has 20 heavy (non-hydrogen) atoms. The van der Waals surface area contributed by atoms with Crippen LogP contribution in [0.5, 0.6) is 5.75 Å². The van der Waals surface area contributed by atoms with Crippen molar-refractivity contribution in [2.45, 2.75) is 39.2 Å². The fraction of sp³-hybridized carbons (Fsp3) is 0.533. The Kier molecular flexibility index (Phi) is 5.82. The molecule has 0 aliphatic heterocycles. The molecule has 1 amide bonds. The van der Waals surface area contributed by atoms with Crippen molar-refractivity contribution in [3.63, 3.8) is 0 Å². The lowest BCUT2D eigenvalue weighted by Crippen LogP contribution is -2.27. The molecule has 0 saturated heterocycles. The lowest BCUT2D eigenvalue weighted by Gasteiger charge is -2.20. The molecule has 1 aromatic rings. The van der Waals surface area contributed by atoms with Gasteiger partial charge in [0.2, 0.25) is 0 Å². The molecule has 0 bridgehead atoms. The van der Waals surface area contributed by atoms with Gasteiger partial charge in [-0.05, 0) is 57.4 Å². The number of rotatable bonds is 5. The molecule has 0 saturated carbocycles. The summed E-state index contributed by atoms with van der Waals surface area (Å²) < 4.78 is 10.5. The molecule has 5 heteroatoms. The minimum Gasteiger partial charge on any atom is -0.496 e. The van der Waals surface area contributed by atoms with Crippen LogP contribution in [0.4, 0.5) is 10.5 Å². The third-order valence-electron chi connectivity index (χ3n) is 2.53. The summed E-state index contributed by atoms with van der Waals surface area (Å²) in [6, 6.07) is 5.38. The number of hydrogen-bond acceptors (Lipinski definition) is 4. The van der Waals surface area contributed by atoms with E-state index in [0.29, 0.717) is 18.5 Å². The van der Waals surface area contributed by atoms with Gasteiger partial charge in [-0.3, -0.25) is 5.32 Å². The Labute approximate surface area is 119 Å². The van der Waals surface area contributed by atoms with E-state index in [1.807, 2.05) is 26.8 Å². The Balaban J connectivity index is 2.78. The van der Waals surface area contributed by atoms with Gasteiger partial charge in [0.25, 0.3) is 0 Å². The van der Waals surface area contributed by atoms with Crippen LogP contribution in [0.1, 0.15) is 32.8 Å². The Morgan fingerprint density at radius 3 is 2.60 bits per heavy atom. The van der Waals surface area contributed by atoms with Crippen LogP contribution in [-0.4, -0.2) is 30.5 Å². The number of benzene rings is 1. The first-order chi connectivity index (χ1) is 9.35. The summed E-state index contributed by atoms with van der Waals surface area (Å²) in [5.74, 6) is 0.744. The monoisotopic (exact) mass is 281 g/mol. The van der Waals surface area contributed by atoms with Gasteiger partial charge >= 0.3 is 6.09 Å². The van der Waals surface area contributed by atoms with Gasteiger partial charge in [-0.15, -0.1) is 0 Å². The van der Waals surface area contributed by atoms with Gasteiger partial charge in [-0.1, -0.05) is 0 Å². The first kappa shape index (κ1) is 16.3. The Bertz CT molecular complexity index is 452. The number of anilines is 1. The van der Waals surface area contributed by atoms with Crippen molar-refractivity contribution in [1.82, 2.24) is 0 Å². The van der Waals surface area contributed by atoms with Crippen LogP contribution < -0.4 is 10.1 Å². The molecular weight excluding hydrogens is 258 g/mol. The van der Waals surface area contributed by atoms with E-state index < -0.39 is 11.7 Å². The Morgan fingerprint density at radius 1 is 1.35 bits per heavy atom. The van der Waals surface area contributed by atoms with E-state index in [-0.39, 0.29) is 6.61 Å². The maximum absolute atomic E-state index is 11.7. The second-order valence-corrected chi connectivity index (χ2v) is 5.48. The summed E-state index contributed by atoms with van der Waals surface area (Å²) in [4.78, 5) is 11.7. The number of amides is 1. The number of ether oxygens (including phenoxy) is 2. The highest BCUT2D eigenvalue weighted by Gasteiger charge is 2.16. The van der Waals surface area contributed by atoms with Crippen molar-refractivity contribution in [2.75, 3.05) is 19.0 Å². The molecule has 112 valence electrons. The summed E-state index contributed by atoms with van der Waals surface area (Å²) in [5.41, 5.74) is 1.05. The van der Waals surface area contributed by atoms with Gasteiger partial charge in [0, 0.05) is 12.3 Å².